The Balaban J connectivity index is 1.59. The van der Waals surface area contributed by atoms with Crippen molar-refractivity contribution in [2.24, 2.45) is 0 Å². The van der Waals surface area contributed by atoms with Gasteiger partial charge in [-0.1, -0.05) is 24.3 Å². The quantitative estimate of drug-likeness (QED) is 0.756. The van der Waals surface area contributed by atoms with Crippen molar-refractivity contribution >= 4 is 0 Å². The summed E-state index contributed by atoms with van der Waals surface area (Å²) in [5.74, 6) is 1.44. The second kappa shape index (κ2) is 7.72. The molecule has 0 saturated carbocycles. The first-order valence-corrected chi connectivity index (χ1v) is 9.21. The third-order valence-electron chi connectivity index (χ3n) is 4.73. The summed E-state index contributed by atoms with van der Waals surface area (Å²) in [5, 5.41) is 0. The third-order valence-corrected chi connectivity index (χ3v) is 4.73. The summed E-state index contributed by atoms with van der Waals surface area (Å²) < 4.78 is 5.74. The Bertz CT molecular complexity index is 985. The minimum Gasteiger partial charge on any atom is -0.494 e. The van der Waals surface area contributed by atoms with E-state index in [9.17, 15) is 4.79 Å². The number of para-hydroxylation sites is 1. The second-order valence-electron chi connectivity index (χ2n) is 6.56. The molecule has 0 amide bonds. The van der Waals surface area contributed by atoms with Gasteiger partial charge in [0.15, 0.2) is 5.82 Å². The van der Waals surface area contributed by atoms with Gasteiger partial charge < -0.3 is 9.72 Å². The highest BCUT2D eigenvalue weighted by Gasteiger charge is 2.22. The molecule has 2 aromatic heterocycles. The maximum absolute atomic E-state index is 12.5. The molecule has 6 nitrogen and oxygen atoms in total. The number of ether oxygens (including phenoxy) is 1. The van der Waals surface area contributed by atoms with E-state index in [1.807, 2.05) is 43.3 Å². The lowest BCUT2D eigenvalue weighted by Gasteiger charge is -2.28. The molecule has 27 heavy (non-hydrogen) atoms. The van der Waals surface area contributed by atoms with Crippen LogP contribution >= 0.6 is 0 Å². The molecule has 1 N–H and O–H groups in total. The summed E-state index contributed by atoms with van der Waals surface area (Å²) in [5.41, 5.74) is 3.38. The van der Waals surface area contributed by atoms with E-state index in [-0.39, 0.29) is 5.56 Å². The molecule has 0 atom stereocenters. The van der Waals surface area contributed by atoms with E-state index in [1.165, 1.54) is 0 Å². The number of hydrogen-bond acceptors (Lipinski definition) is 5. The molecule has 0 bridgehead atoms. The first-order valence-electron chi connectivity index (χ1n) is 9.21. The number of hydrogen-bond donors (Lipinski definition) is 1. The van der Waals surface area contributed by atoms with Crippen LogP contribution in [0.4, 0.5) is 0 Å². The monoisotopic (exact) mass is 362 g/mol. The fraction of sp³-hybridized carbons (Fsp3) is 0.286. The summed E-state index contributed by atoms with van der Waals surface area (Å²) in [4.78, 5) is 26.7. The highest BCUT2D eigenvalue weighted by Crippen LogP contribution is 2.23. The minimum absolute atomic E-state index is 0.0602. The van der Waals surface area contributed by atoms with Gasteiger partial charge in [0.2, 0.25) is 0 Å². The third kappa shape index (κ3) is 3.75. The number of rotatable bonds is 5. The van der Waals surface area contributed by atoms with E-state index in [1.54, 1.807) is 6.20 Å². The number of aromatic nitrogens is 3. The molecule has 6 heteroatoms. The molecule has 0 aliphatic carbocycles. The fourth-order valence-electron chi connectivity index (χ4n) is 3.42. The fourth-order valence-corrected chi connectivity index (χ4v) is 3.42. The van der Waals surface area contributed by atoms with Crippen molar-refractivity contribution in [1.29, 1.82) is 0 Å². The Morgan fingerprint density at radius 3 is 2.85 bits per heavy atom. The van der Waals surface area contributed by atoms with Crippen molar-refractivity contribution in [3.05, 3.63) is 75.8 Å². The predicted molar refractivity (Wildman–Crippen MR) is 104 cm³/mol. The lowest BCUT2D eigenvalue weighted by Crippen LogP contribution is -2.35. The maximum atomic E-state index is 12.5. The van der Waals surface area contributed by atoms with Crippen LogP contribution < -0.4 is 10.3 Å². The van der Waals surface area contributed by atoms with Gasteiger partial charge in [-0.15, -0.1) is 0 Å². The van der Waals surface area contributed by atoms with E-state index in [4.69, 9.17) is 9.72 Å². The van der Waals surface area contributed by atoms with Gasteiger partial charge in [-0.3, -0.25) is 14.7 Å². The summed E-state index contributed by atoms with van der Waals surface area (Å²) >= 11 is 0. The van der Waals surface area contributed by atoms with Crippen LogP contribution in [0, 0.1) is 0 Å². The van der Waals surface area contributed by atoms with E-state index in [2.05, 4.69) is 20.9 Å². The van der Waals surface area contributed by atoms with Crippen molar-refractivity contribution in [2.45, 2.75) is 26.4 Å². The largest absolute Gasteiger partial charge is 0.494 e. The lowest BCUT2D eigenvalue weighted by molar-refractivity contribution is 0.234. The van der Waals surface area contributed by atoms with E-state index in [0.717, 1.165) is 35.7 Å². The summed E-state index contributed by atoms with van der Waals surface area (Å²) in [7, 11) is 0. The molecule has 3 heterocycles. The molecule has 0 unspecified atom stereocenters. The molecule has 1 aromatic carbocycles. The van der Waals surface area contributed by atoms with Crippen molar-refractivity contribution in [3.63, 3.8) is 0 Å². The molecule has 0 fully saturated rings. The van der Waals surface area contributed by atoms with Crippen LogP contribution in [0.1, 0.15) is 23.7 Å². The molecule has 1 aliphatic heterocycles. The molecule has 0 spiro atoms. The molecule has 138 valence electrons. The molecule has 1 aliphatic rings. The molecular weight excluding hydrogens is 340 g/mol. The van der Waals surface area contributed by atoms with E-state index < -0.39 is 0 Å². The number of nitrogens with zero attached hydrogens (tertiary/aromatic N) is 3. The Hall–Kier alpha value is -2.99. The van der Waals surface area contributed by atoms with Gasteiger partial charge in [0.05, 0.1) is 12.3 Å². The average molecular weight is 362 g/mol. The van der Waals surface area contributed by atoms with Crippen LogP contribution in [0.2, 0.25) is 0 Å². The molecule has 0 saturated heterocycles. The highest BCUT2D eigenvalue weighted by molar-refractivity contribution is 5.49. The molecular formula is C21H22N4O2. The predicted octanol–water partition coefficient (Wildman–Crippen LogP) is 2.79. The van der Waals surface area contributed by atoms with Gasteiger partial charge in [0.25, 0.3) is 5.56 Å². The molecule has 4 rings (SSSR count). The van der Waals surface area contributed by atoms with Gasteiger partial charge >= 0.3 is 0 Å². The molecule has 0 radical (unpaired) electrons. The summed E-state index contributed by atoms with van der Waals surface area (Å²) in [6.07, 6.45) is 2.39. The molecule has 3 aromatic rings. The van der Waals surface area contributed by atoms with Crippen molar-refractivity contribution in [2.75, 3.05) is 13.2 Å². The Kier molecular flexibility index (Phi) is 4.98. The number of aromatic amines is 1. The number of nitrogens with one attached hydrogen (secondary N) is 1. The summed E-state index contributed by atoms with van der Waals surface area (Å²) in [6, 6.07) is 13.7. The van der Waals surface area contributed by atoms with Crippen molar-refractivity contribution < 1.29 is 4.74 Å². The van der Waals surface area contributed by atoms with E-state index >= 15 is 0 Å². The topological polar surface area (TPSA) is 71.1 Å². The Morgan fingerprint density at radius 1 is 1.19 bits per heavy atom. The van der Waals surface area contributed by atoms with Gasteiger partial charge in [0.1, 0.15) is 11.4 Å². The van der Waals surface area contributed by atoms with Gasteiger partial charge in [-0.05, 0) is 31.5 Å². The zero-order chi connectivity index (χ0) is 18.6. The lowest BCUT2D eigenvalue weighted by atomic mass is 10.1. The Morgan fingerprint density at radius 2 is 2.04 bits per heavy atom. The van der Waals surface area contributed by atoms with Crippen LogP contribution in [0.15, 0.2) is 53.5 Å². The van der Waals surface area contributed by atoms with Crippen molar-refractivity contribution in [3.8, 4) is 17.3 Å². The smallest absolute Gasteiger partial charge is 0.254 e. The second-order valence-corrected chi connectivity index (χ2v) is 6.56. The van der Waals surface area contributed by atoms with Crippen LogP contribution in [-0.2, 0) is 19.5 Å². The number of pyridine rings is 1. The average Bonchev–Trinajstić information content (AvgIpc) is 2.70. The Labute approximate surface area is 157 Å². The standard InChI is InChI=1S/C21H22N4O2/c1-2-27-19-9-4-3-7-15(19)13-25-12-10-16-18(14-25)23-20(24-21(16)26)17-8-5-6-11-22-17/h3-9,11H,2,10,12-14H2,1H3,(H,23,24,26). The SMILES string of the molecule is CCOc1ccccc1CN1CCc2c(nc(-c3ccccn3)[nH]c2=O)C1. The van der Waals surface area contributed by atoms with Crippen molar-refractivity contribution in [1.82, 2.24) is 19.9 Å². The first-order chi connectivity index (χ1) is 13.2. The van der Waals surface area contributed by atoms with Crippen LogP contribution in [-0.4, -0.2) is 33.0 Å². The minimum atomic E-state index is -0.0602. The highest BCUT2D eigenvalue weighted by atomic mass is 16.5. The zero-order valence-electron chi connectivity index (χ0n) is 15.3. The van der Waals surface area contributed by atoms with Crippen LogP contribution in [0.25, 0.3) is 11.5 Å². The van der Waals surface area contributed by atoms with Gasteiger partial charge in [0, 0.05) is 37.0 Å². The van der Waals surface area contributed by atoms with Gasteiger partial charge in [-0.2, -0.15) is 0 Å². The maximum Gasteiger partial charge on any atom is 0.254 e. The van der Waals surface area contributed by atoms with Gasteiger partial charge in [-0.25, -0.2) is 4.98 Å². The van der Waals surface area contributed by atoms with Crippen LogP contribution in [0.3, 0.4) is 0 Å². The number of benzene rings is 1. The zero-order valence-corrected chi connectivity index (χ0v) is 15.3. The number of fused-ring (bicyclic) bond motifs is 1. The van der Waals surface area contributed by atoms with E-state index in [0.29, 0.717) is 31.1 Å². The summed E-state index contributed by atoms with van der Waals surface area (Å²) in [6.45, 7) is 4.86. The first kappa shape index (κ1) is 17.4. The number of H-pyrrole nitrogens is 1. The normalized spacial score (nSPS) is 14.0. The van der Waals surface area contributed by atoms with Crippen LogP contribution in [0.5, 0.6) is 5.75 Å².